The van der Waals surface area contributed by atoms with Gasteiger partial charge in [0.2, 0.25) is 0 Å². The second-order valence-corrected chi connectivity index (χ2v) is 4.54. The Hall–Kier alpha value is 0. The SMILES string of the molecule is C1CC[C@@H]2CCC[C@@H](CC1)C2. The van der Waals surface area contributed by atoms with Crippen molar-refractivity contribution in [1.82, 2.24) is 0 Å². The zero-order valence-corrected chi connectivity index (χ0v) is 7.52. The molecule has 0 spiro atoms. The van der Waals surface area contributed by atoms with Crippen molar-refractivity contribution in [3.05, 3.63) is 0 Å². The fourth-order valence-electron chi connectivity index (χ4n) is 2.97. The Kier molecular flexibility index (Phi) is 2.50. The Morgan fingerprint density at radius 2 is 1.09 bits per heavy atom. The van der Waals surface area contributed by atoms with E-state index < -0.39 is 0 Å². The second-order valence-electron chi connectivity index (χ2n) is 4.54. The molecule has 0 aromatic rings. The van der Waals surface area contributed by atoms with Crippen LogP contribution in [0.25, 0.3) is 0 Å². The molecule has 2 saturated carbocycles. The Labute approximate surface area is 70.4 Å². The average Bonchev–Trinajstić information content (AvgIpc) is 2.02. The molecule has 2 bridgehead atoms. The van der Waals surface area contributed by atoms with Gasteiger partial charge in [-0.1, -0.05) is 51.4 Å². The van der Waals surface area contributed by atoms with Crippen LogP contribution in [0.4, 0.5) is 0 Å². The molecule has 64 valence electrons. The van der Waals surface area contributed by atoms with Crippen LogP contribution < -0.4 is 0 Å². The third-order valence-corrected chi connectivity index (χ3v) is 3.62. The first-order valence-corrected chi connectivity index (χ1v) is 5.45. The molecule has 2 aliphatic rings. The van der Waals surface area contributed by atoms with Gasteiger partial charge in [-0.05, 0) is 18.3 Å². The quantitative estimate of drug-likeness (QED) is 0.496. The zero-order valence-electron chi connectivity index (χ0n) is 7.52. The molecule has 0 radical (unpaired) electrons. The number of hydrogen-bond acceptors (Lipinski definition) is 0. The van der Waals surface area contributed by atoms with Crippen molar-refractivity contribution in [2.75, 3.05) is 0 Å². The zero-order chi connectivity index (χ0) is 7.52. The predicted octanol–water partition coefficient (Wildman–Crippen LogP) is 3.76. The van der Waals surface area contributed by atoms with Crippen molar-refractivity contribution < 1.29 is 0 Å². The van der Waals surface area contributed by atoms with Crippen LogP contribution in [-0.2, 0) is 0 Å². The molecule has 0 nitrogen and oxygen atoms in total. The van der Waals surface area contributed by atoms with Gasteiger partial charge in [-0.15, -0.1) is 0 Å². The molecule has 0 saturated heterocycles. The lowest BCUT2D eigenvalue weighted by molar-refractivity contribution is 0.218. The van der Waals surface area contributed by atoms with E-state index in [2.05, 4.69) is 0 Å². The van der Waals surface area contributed by atoms with E-state index in [4.69, 9.17) is 0 Å². The normalized spacial score (nSPS) is 39.3. The minimum Gasteiger partial charge on any atom is -0.0533 e. The van der Waals surface area contributed by atoms with Crippen molar-refractivity contribution in [2.45, 2.75) is 57.8 Å². The van der Waals surface area contributed by atoms with Gasteiger partial charge in [-0.3, -0.25) is 0 Å². The molecular formula is C11H20. The first kappa shape index (κ1) is 7.64. The molecule has 0 aromatic heterocycles. The van der Waals surface area contributed by atoms with Crippen LogP contribution in [0.15, 0.2) is 0 Å². The van der Waals surface area contributed by atoms with E-state index in [-0.39, 0.29) is 0 Å². The topological polar surface area (TPSA) is 0 Å². The summed E-state index contributed by atoms with van der Waals surface area (Å²) in [5, 5.41) is 0. The monoisotopic (exact) mass is 152 g/mol. The van der Waals surface area contributed by atoms with Crippen molar-refractivity contribution in [1.29, 1.82) is 0 Å². The van der Waals surface area contributed by atoms with Crippen LogP contribution in [-0.4, -0.2) is 0 Å². The van der Waals surface area contributed by atoms with E-state index in [1.165, 1.54) is 25.7 Å². The highest BCUT2D eigenvalue weighted by Crippen LogP contribution is 2.36. The highest BCUT2D eigenvalue weighted by atomic mass is 14.3. The largest absolute Gasteiger partial charge is 0.0533 e. The van der Waals surface area contributed by atoms with E-state index in [0.29, 0.717) is 0 Å². The summed E-state index contributed by atoms with van der Waals surface area (Å²) >= 11 is 0. The minimum absolute atomic E-state index is 1.13. The van der Waals surface area contributed by atoms with E-state index in [9.17, 15) is 0 Å². The van der Waals surface area contributed by atoms with Crippen LogP contribution in [0.2, 0.25) is 0 Å². The second kappa shape index (κ2) is 3.60. The van der Waals surface area contributed by atoms with Crippen molar-refractivity contribution >= 4 is 0 Å². The highest BCUT2D eigenvalue weighted by molar-refractivity contribution is 4.75. The summed E-state index contributed by atoms with van der Waals surface area (Å²) in [7, 11) is 0. The first-order valence-electron chi connectivity index (χ1n) is 5.45. The molecule has 2 fully saturated rings. The maximum absolute atomic E-state index is 1.58. The fraction of sp³-hybridized carbons (Fsp3) is 1.00. The van der Waals surface area contributed by atoms with E-state index in [1.54, 1.807) is 32.1 Å². The summed E-state index contributed by atoms with van der Waals surface area (Å²) in [6.45, 7) is 0. The lowest BCUT2D eigenvalue weighted by Gasteiger charge is -2.31. The summed E-state index contributed by atoms with van der Waals surface area (Å²) in [5.74, 6) is 2.27. The van der Waals surface area contributed by atoms with Gasteiger partial charge in [-0.2, -0.15) is 0 Å². The standard InChI is InChI=1S/C11H20/c1-2-5-10-7-4-8-11(9-10)6-3-1/h10-11H,1-9H2/t10-,11-/m1/s1. The summed E-state index contributed by atoms with van der Waals surface area (Å²) in [5.41, 5.74) is 0. The molecule has 0 N–H and O–H groups in total. The lowest BCUT2D eigenvalue weighted by Crippen LogP contribution is -2.17. The van der Waals surface area contributed by atoms with Crippen LogP contribution in [0.1, 0.15) is 57.8 Å². The van der Waals surface area contributed by atoms with E-state index in [1.807, 2.05) is 0 Å². The molecule has 0 amide bonds. The fourth-order valence-corrected chi connectivity index (χ4v) is 2.97. The van der Waals surface area contributed by atoms with Gasteiger partial charge >= 0.3 is 0 Å². The molecule has 2 rings (SSSR count). The minimum atomic E-state index is 1.13. The molecular weight excluding hydrogens is 132 g/mol. The van der Waals surface area contributed by atoms with Crippen molar-refractivity contribution in [3.8, 4) is 0 Å². The third-order valence-electron chi connectivity index (χ3n) is 3.62. The molecule has 2 aliphatic carbocycles. The van der Waals surface area contributed by atoms with Gasteiger partial charge in [0.15, 0.2) is 0 Å². The maximum atomic E-state index is 1.58. The molecule has 11 heavy (non-hydrogen) atoms. The third kappa shape index (κ3) is 1.98. The Bertz CT molecular complexity index is 105. The molecule has 0 heteroatoms. The average molecular weight is 152 g/mol. The van der Waals surface area contributed by atoms with Gasteiger partial charge in [0.05, 0.1) is 0 Å². The van der Waals surface area contributed by atoms with Crippen molar-refractivity contribution in [2.24, 2.45) is 11.8 Å². The molecule has 0 heterocycles. The Morgan fingerprint density at radius 1 is 0.545 bits per heavy atom. The lowest BCUT2D eigenvalue weighted by atomic mass is 9.75. The van der Waals surface area contributed by atoms with Crippen LogP contribution in [0, 0.1) is 11.8 Å². The van der Waals surface area contributed by atoms with Crippen LogP contribution in [0.5, 0.6) is 0 Å². The Morgan fingerprint density at radius 3 is 1.73 bits per heavy atom. The maximum Gasteiger partial charge on any atom is -0.0412 e. The van der Waals surface area contributed by atoms with E-state index >= 15 is 0 Å². The summed E-state index contributed by atoms with van der Waals surface area (Å²) in [4.78, 5) is 0. The van der Waals surface area contributed by atoms with Gasteiger partial charge in [-0.25, -0.2) is 0 Å². The Balaban J connectivity index is 1.90. The number of hydrogen-bond donors (Lipinski definition) is 0. The van der Waals surface area contributed by atoms with Gasteiger partial charge in [0.25, 0.3) is 0 Å². The van der Waals surface area contributed by atoms with Crippen molar-refractivity contribution in [3.63, 3.8) is 0 Å². The summed E-state index contributed by atoms with van der Waals surface area (Å²) < 4.78 is 0. The van der Waals surface area contributed by atoms with Gasteiger partial charge in [0, 0.05) is 0 Å². The molecule has 0 aliphatic heterocycles. The number of rotatable bonds is 0. The van der Waals surface area contributed by atoms with Crippen LogP contribution >= 0.6 is 0 Å². The summed E-state index contributed by atoms with van der Waals surface area (Å²) in [6.07, 6.45) is 13.9. The van der Waals surface area contributed by atoms with Gasteiger partial charge in [0.1, 0.15) is 0 Å². The molecule has 0 unspecified atom stereocenters. The van der Waals surface area contributed by atoms with E-state index in [0.717, 1.165) is 11.8 Å². The molecule has 0 aromatic carbocycles. The van der Waals surface area contributed by atoms with Gasteiger partial charge < -0.3 is 0 Å². The predicted molar refractivity (Wildman–Crippen MR) is 48.5 cm³/mol. The highest BCUT2D eigenvalue weighted by Gasteiger charge is 2.22. The smallest absolute Gasteiger partial charge is 0.0412 e. The van der Waals surface area contributed by atoms with Crippen LogP contribution in [0.3, 0.4) is 0 Å². The number of fused-ring (bicyclic) bond motifs is 2. The molecule has 2 atom stereocenters. The summed E-state index contributed by atoms with van der Waals surface area (Å²) in [6, 6.07) is 0. The first-order chi connectivity index (χ1) is 5.45.